The van der Waals surface area contributed by atoms with Crippen molar-refractivity contribution in [3.8, 4) is 0 Å². The monoisotopic (exact) mass is 734 g/mol. The van der Waals surface area contributed by atoms with Crippen molar-refractivity contribution >= 4 is 102 Å². The van der Waals surface area contributed by atoms with Gasteiger partial charge in [0.2, 0.25) is 5.91 Å². The number of fused-ring (bicyclic) bond motifs is 1. The smallest absolute Gasteiger partial charge is 0.259 e. The molecule has 158 valence electrons. The fourth-order valence-electron chi connectivity index (χ4n) is 6.65. The molecule has 2 spiro atoms. The Balaban J connectivity index is 1.75. The Morgan fingerprint density at radius 3 is 2.58 bits per heavy atom. The lowest BCUT2D eigenvalue weighted by Gasteiger charge is -2.59. The van der Waals surface area contributed by atoms with Gasteiger partial charge in [0.15, 0.2) is 4.73 Å². The summed E-state index contributed by atoms with van der Waals surface area (Å²) in [6, 6.07) is 4.09. The molecule has 0 aliphatic carbocycles. The molecule has 4 atom stereocenters. The standard InChI is InChI=1S/C20H11Br5N4O2/c1-18-11(24)4-20-15-14(26-17(25)28(15)16(18)31)9(23)6-27-12(30)5-19(20,27)13-8(22)2-7(21)3-10(13)29(18)20/h2-3,6,11H,4-5H2,1H3/t11?,18-,19-,20+/m0/s1. The predicted molar refractivity (Wildman–Crippen MR) is 132 cm³/mol. The van der Waals surface area contributed by atoms with Crippen molar-refractivity contribution in [2.24, 2.45) is 0 Å². The van der Waals surface area contributed by atoms with E-state index in [1.165, 1.54) is 0 Å². The number of aromatic nitrogens is 2. The molecule has 2 saturated heterocycles. The number of imidazole rings is 1. The molecule has 2 aromatic rings. The number of carbonyl (C=O) groups excluding carboxylic acids is 2. The third kappa shape index (κ3) is 1.76. The fraction of sp³-hybridized carbons (Fsp3) is 0.350. The van der Waals surface area contributed by atoms with Crippen molar-refractivity contribution in [1.82, 2.24) is 14.5 Å². The van der Waals surface area contributed by atoms with E-state index in [4.69, 9.17) is 4.98 Å². The Hall–Kier alpha value is -0.490. The summed E-state index contributed by atoms with van der Waals surface area (Å²) in [7, 11) is 0. The van der Waals surface area contributed by atoms with Gasteiger partial charge in [-0.25, -0.2) is 4.98 Å². The molecule has 7 rings (SSSR count). The SMILES string of the molecule is C[C@@]12C(=O)n3c(Br)nc4c3[C@@]3(CC1Br)N2c1cc(Br)cc(Br)c1[C@@]31CC(=O)N1C=C4Br. The molecule has 6 nitrogen and oxygen atoms in total. The van der Waals surface area contributed by atoms with Gasteiger partial charge in [-0.1, -0.05) is 47.8 Å². The molecule has 2 bridgehead atoms. The van der Waals surface area contributed by atoms with E-state index in [1.54, 1.807) is 4.57 Å². The predicted octanol–water partition coefficient (Wildman–Crippen LogP) is 5.60. The van der Waals surface area contributed by atoms with Crippen LogP contribution in [-0.2, 0) is 15.9 Å². The molecule has 1 aromatic carbocycles. The third-order valence-electron chi connectivity index (χ3n) is 7.72. The maximum atomic E-state index is 14.1. The molecular weight excluding hydrogens is 728 g/mol. The van der Waals surface area contributed by atoms with Gasteiger partial charge in [-0.3, -0.25) is 14.2 Å². The van der Waals surface area contributed by atoms with Crippen LogP contribution < -0.4 is 4.90 Å². The van der Waals surface area contributed by atoms with Crippen LogP contribution in [0.2, 0.25) is 0 Å². The van der Waals surface area contributed by atoms with Gasteiger partial charge < -0.3 is 9.80 Å². The molecule has 0 saturated carbocycles. The first kappa shape index (κ1) is 19.9. The van der Waals surface area contributed by atoms with Crippen LogP contribution in [0.15, 0.2) is 32.0 Å². The van der Waals surface area contributed by atoms with Gasteiger partial charge in [-0.05, 0) is 57.3 Å². The van der Waals surface area contributed by atoms with E-state index < -0.39 is 16.6 Å². The number of halogens is 5. The zero-order chi connectivity index (χ0) is 21.8. The van der Waals surface area contributed by atoms with Crippen LogP contribution in [-0.4, -0.2) is 36.6 Å². The van der Waals surface area contributed by atoms with Crippen LogP contribution in [0.3, 0.4) is 0 Å². The molecule has 11 heteroatoms. The first-order valence-corrected chi connectivity index (χ1v) is 13.7. The summed E-state index contributed by atoms with van der Waals surface area (Å²) < 4.78 is 4.75. The number of nitrogens with zero attached hydrogens (tertiary/aromatic N) is 4. The highest BCUT2D eigenvalue weighted by molar-refractivity contribution is 9.15. The molecule has 2 fully saturated rings. The second-order valence-corrected chi connectivity index (χ2v) is 13.2. The Morgan fingerprint density at radius 2 is 1.87 bits per heavy atom. The van der Waals surface area contributed by atoms with E-state index in [0.717, 1.165) is 25.9 Å². The highest BCUT2D eigenvalue weighted by Gasteiger charge is 2.82. The number of rotatable bonds is 0. The maximum absolute atomic E-state index is 14.1. The normalized spacial score (nSPS) is 36.1. The molecule has 1 amide bonds. The largest absolute Gasteiger partial charge is 0.342 e. The Bertz CT molecular complexity index is 1350. The maximum Gasteiger partial charge on any atom is 0.259 e. The van der Waals surface area contributed by atoms with Crippen molar-refractivity contribution in [2.45, 2.75) is 41.2 Å². The number of alkyl halides is 1. The number of benzene rings is 1. The number of hydrogen-bond acceptors (Lipinski definition) is 4. The van der Waals surface area contributed by atoms with E-state index in [1.807, 2.05) is 24.1 Å². The molecule has 6 heterocycles. The topological polar surface area (TPSA) is 58.4 Å². The van der Waals surface area contributed by atoms with Gasteiger partial charge in [0.05, 0.1) is 16.6 Å². The highest BCUT2D eigenvalue weighted by Crippen LogP contribution is 2.75. The van der Waals surface area contributed by atoms with Crippen LogP contribution in [0.25, 0.3) is 4.48 Å². The second-order valence-electron chi connectivity index (χ2n) is 8.79. The lowest BCUT2D eigenvalue weighted by molar-refractivity contribution is -0.158. The molecule has 1 aromatic heterocycles. The van der Waals surface area contributed by atoms with Gasteiger partial charge in [0.1, 0.15) is 22.3 Å². The Morgan fingerprint density at radius 1 is 1.13 bits per heavy atom. The van der Waals surface area contributed by atoms with E-state index >= 15 is 0 Å². The summed E-state index contributed by atoms with van der Waals surface area (Å²) in [5.41, 5.74) is 1.39. The minimum Gasteiger partial charge on any atom is -0.342 e. The number of amides is 1. The van der Waals surface area contributed by atoms with Crippen molar-refractivity contribution in [1.29, 1.82) is 0 Å². The van der Waals surface area contributed by atoms with Crippen LogP contribution in [0.5, 0.6) is 0 Å². The van der Waals surface area contributed by atoms with E-state index in [0.29, 0.717) is 27.8 Å². The lowest BCUT2D eigenvalue weighted by atomic mass is 9.64. The number of β-lactam (4-membered cyclic amide) rings is 1. The molecule has 5 aliphatic rings. The van der Waals surface area contributed by atoms with Gasteiger partial charge in [0.25, 0.3) is 5.91 Å². The summed E-state index contributed by atoms with van der Waals surface area (Å²) in [6.45, 7) is 1.99. The summed E-state index contributed by atoms with van der Waals surface area (Å²) in [6.07, 6.45) is 2.87. The third-order valence-corrected chi connectivity index (χ3v) is 11.1. The highest BCUT2D eigenvalue weighted by atomic mass is 79.9. The average molecular weight is 739 g/mol. The molecule has 5 aliphatic heterocycles. The summed E-state index contributed by atoms with van der Waals surface area (Å²) in [5, 5.41) is 0. The van der Waals surface area contributed by atoms with E-state index in [9.17, 15) is 9.59 Å². The first-order chi connectivity index (χ1) is 14.6. The number of carbonyl (C=O) groups is 2. The number of hydrogen-bond donors (Lipinski definition) is 0. The van der Waals surface area contributed by atoms with Gasteiger partial charge in [-0.15, -0.1) is 0 Å². The van der Waals surface area contributed by atoms with Crippen molar-refractivity contribution < 1.29 is 9.59 Å². The second kappa shape index (κ2) is 5.59. The van der Waals surface area contributed by atoms with Crippen LogP contribution in [0.4, 0.5) is 5.69 Å². The lowest BCUT2D eigenvalue weighted by Crippen LogP contribution is -2.73. The molecule has 0 radical (unpaired) electrons. The van der Waals surface area contributed by atoms with Gasteiger partial charge in [0, 0.05) is 31.2 Å². The Kier molecular flexibility index (Phi) is 3.59. The zero-order valence-electron chi connectivity index (χ0n) is 15.7. The fourth-order valence-corrected chi connectivity index (χ4v) is 10.0. The first-order valence-electron chi connectivity index (χ1n) is 9.58. The molecule has 0 N–H and O–H groups in total. The number of anilines is 1. The summed E-state index contributed by atoms with van der Waals surface area (Å²) >= 11 is 18.5. The zero-order valence-corrected chi connectivity index (χ0v) is 23.6. The minimum absolute atomic E-state index is 0.0402. The Labute approximate surface area is 219 Å². The van der Waals surface area contributed by atoms with Crippen LogP contribution in [0.1, 0.15) is 41.5 Å². The van der Waals surface area contributed by atoms with E-state index in [-0.39, 0.29) is 16.6 Å². The van der Waals surface area contributed by atoms with Crippen molar-refractivity contribution in [3.63, 3.8) is 0 Å². The molecule has 1 unspecified atom stereocenters. The summed E-state index contributed by atoms with van der Waals surface area (Å²) in [4.78, 5) is 35.9. The van der Waals surface area contributed by atoms with Crippen LogP contribution >= 0.6 is 79.6 Å². The van der Waals surface area contributed by atoms with Gasteiger partial charge in [-0.2, -0.15) is 0 Å². The minimum atomic E-state index is -0.854. The van der Waals surface area contributed by atoms with Crippen molar-refractivity contribution in [2.75, 3.05) is 4.90 Å². The molecular formula is C20H11Br5N4O2. The molecule has 31 heavy (non-hydrogen) atoms. The average Bonchev–Trinajstić information content (AvgIpc) is 3.22. The summed E-state index contributed by atoms with van der Waals surface area (Å²) in [5.74, 6) is 0.0166. The quantitative estimate of drug-likeness (QED) is 0.261. The van der Waals surface area contributed by atoms with Crippen LogP contribution in [0, 0.1) is 0 Å². The van der Waals surface area contributed by atoms with Gasteiger partial charge >= 0.3 is 0 Å². The van der Waals surface area contributed by atoms with E-state index in [2.05, 4.69) is 90.6 Å². The van der Waals surface area contributed by atoms with Crippen molar-refractivity contribution in [3.05, 3.63) is 49.0 Å².